The van der Waals surface area contributed by atoms with Crippen molar-refractivity contribution in [1.29, 1.82) is 0 Å². The van der Waals surface area contributed by atoms with E-state index >= 15 is 0 Å². The number of hydrogen-bond acceptors (Lipinski definition) is 2. The maximum absolute atomic E-state index is 3.18. The molecular formula is C8H16N2. The molecule has 2 nitrogen and oxygen atoms in total. The van der Waals surface area contributed by atoms with E-state index in [4.69, 9.17) is 0 Å². The normalized spacial score (nSPS) is 10.1. The highest BCUT2D eigenvalue weighted by Gasteiger charge is 2.09. The van der Waals surface area contributed by atoms with Gasteiger partial charge in [0.1, 0.15) is 0 Å². The largest absolute Gasteiger partial charge is 0.270 e. The van der Waals surface area contributed by atoms with Crippen molar-refractivity contribution in [3.05, 3.63) is 0 Å². The van der Waals surface area contributed by atoms with Crippen molar-refractivity contribution in [1.82, 2.24) is 10.4 Å². The summed E-state index contributed by atoms with van der Waals surface area (Å²) >= 11 is 0. The van der Waals surface area contributed by atoms with Gasteiger partial charge in [-0.1, -0.05) is 5.92 Å². The standard InChI is InChI=1S/C8H16N2/c1-6-7-10(5)9-8(2,3)4/h9H,1-5H3. The van der Waals surface area contributed by atoms with Gasteiger partial charge in [0.2, 0.25) is 0 Å². The first-order valence-corrected chi connectivity index (χ1v) is 3.39. The molecule has 0 aromatic carbocycles. The molecule has 0 atom stereocenters. The van der Waals surface area contributed by atoms with Gasteiger partial charge in [0.15, 0.2) is 0 Å². The van der Waals surface area contributed by atoms with Crippen LogP contribution in [0.4, 0.5) is 0 Å². The molecule has 0 spiro atoms. The van der Waals surface area contributed by atoms with Crippen molar-refractivity contribution in [2.75, 3.05) is 7.05 Å². The molecule has 0 fully saturated rings. The Hall–Kier alpha value is -0.680. The van der Waals surface area contributed by atoms with Crippen LogP contribution in [0.1, 0.15) is 27.7 Å². The van der Waals surface area contributed by atoms with Crippen LogP contribution in [0.25, 0.3) is 0 Å². The van der Waals surface area contributed by atoms with E-state index in [9.17, 15) is 0 Å². The summed E-state index contributed by atoms with van der Waals surface area (Å²) < 4.78 is 0. The highest BCUT2D eigenvalue weighted by Crippen LogP contribution is 1.97. The van der Waals surface area contributed by atoms with Crippen molar-refractivity contribution >= 4 is 0 Å². The second-order valence-corrected chi connectivity index (χ2v) is 3.28. The van der Waals surface area contributed by atoms with Crippen molar-refractivity contribution in [2.45, 2.75) is 33.2 Å². The molecule has 1 N–H and O–H groups in total. The molecule has 0 rings (SSSR count). The molecule has 0 aliphatic carbocycles. The Morgan fingerprint density at radius 1 is 1.30 bits per heavy atom. The smallest absolute Gasteiger partial charge is 0.0318 e. The zero-order valence-electron chi connectivity index (χ0n) is 7.45. The van der Waals surface area contributed by atoms with E-state index in [1.807, 2.05) is 14.0 Å². The average molecular weight is 140 g/mol. The molecule has 2 heteroatoms. The summed E-state index contributed by atoms with van der Waals surface area (Å²) in [5.41, 5.74) is 3.28. The van der Waals surface area contributed by atoms with Crippen LogP contribution in [0.5, 0.6) is 0 Å². The lowest BCUT2D eigenvalue weighted by atomic mass is 10.1. The molecule has 0 radical (unpaired) electrons. The number of hydrogen-bond donors (Lipinski definition) is 1. The molecule has 0 aromatic heterocycles. The third-order valence-electron chi connectivity index (χ3n) is 0.783. The molecule has 0 unspecified atom stereocenters. The van der Waals surface area contributed by atoms with Crippen molar-refractivity contribution in [3.8, 4) is 12.0 Å². The number of hydrazine groups is 1. The van der Waals surface area contributed by atoms with E-state index in [0.717, 1.165) is 0 Å². The van der Waals surface area contributed by atoms with Gasteiger partial charge in [0, 0.05) is 18.6 Å². The first-order valence-electron chi connectivity index (χ1n) is 3.39. The van der Waals surface area contributed by atoms with Crippen LogP contribution in [0, 0.1) is 12.0 Å². The minimum absolute atomic E-state index is 0.0958. The molecule has 0 heterocycles. The van der Waals surface area contributed by atoms with Crippen LogP contribution in [-0.4, -0.2) is 17.6 Å². The molecule has 0 bridgehead atoms. The molecule has 10 heavy (non-hydrogen) atoms. The third-order valence-corrected chi connectivity index (χ3v) is 0.783. The lowest BCUT2D eigenvalue weighted by Crippen LogP contribution is -2.44. The number of rotatable bonds is 1. The van der Waals surface area contributed by atoms with Gasteiger partial charge in [0.05, 0.1) is 0 Å². The van der Waals surface area contributed by atoms with Crippen LogP contribution in [0.15, 0.2) is 0 Å². The molecule has 0 saturated heterocycles. The minimum atomic E-state index is 0.0958. The maximum Gasteiger partial charge on any atom is 0.0318 e. The van der Waals surface area contributed by atoms with Crippen molar-refractivity contribution < 1.29 is 0 Å². The van der Waals surface area contributed by atoms with E-state index in [1.165, 1.54) is 0 Å². The molecule has 0 amide bonds. The van der Waals surface area contributed by atoms with Gasteiger partial charge in [-0.3, -0.25) is 5.01 Å². The zero-order chi connectivity index (χ0) is 8.20. The van der Waals surface area contributed by atoms with Crippen LogP contribution in [0.3, 0.4) is 0 Å². The monoisotopic (exact) mass is 140 g/mol. The Kier molecular flexibility index (Phi) is 3.24. The van der Waals surface area contributed by atoms with Gasteiger partial charge in [-0.2, -0.15) is 0 Å². The zero-order valence-corrected chi connectivity index (χ0v) is 7.45. The van der Waals surface area contributed by atoms with Gasteiger partial charge >= 0.3 is 0 Å². The average Bonchev–Trinajstić information content (AvgIpc) is 1.59. The highest BCUT2D eigenvalue weighted by atomic mass is 15.5. The number of nitrogens with zero attached hydrogens (tertiary/aromatic N) is 1. The summed E-state index contributed by atoms with van der Waals surface area (Å²) in [6, 6.07) is 2.87. The fourth-order valence-corrected chi connectivity index (χ4v) is 0.699. The third kappa shape index (κ3) is 5.46. The van der Waals surface area contributed by atoms with E-state index in [0.29, 0.717) is 0 Å². The summed E-state index contributed by atoms with van der Waals surface area (Å²) in [5.74, 6) is 2.80. The second kappa shape index (κ2) is 3.48. The Labute approximate surface area is 63.6 Å². The summed E-state index contributed by atoms with van der Waals surface area (Å²) in [6.07, 6.45) is 0. The molecule has 0 aliphatic rings. The predicted molar refractivity (Wildman–Crippen MR) is 44.1 cm³/mol. The van der Waals surface area contributed by atoms with Crippen LogP contribution in [-0.2, 0) is 0 Å². The lowest BCUT2D eigenvalue weighted by Gasteiger charge is -2.25. The van der Waals surface area contributed by atoms with Gasteiger partial charge < -0.3 is 0 Å². The van der Waals surface area contributed by atoms with Gasteiger partial charge in [-0.05, 0) is 27.7 Å². The summed E-state index contributed by atoms with van der Waals surface area (Å²) in [4.78, 5) is 0. The summed E-state index contributed by atoms with van der Waals surface area (Å²) in [7, 11) is 1.90. The SMILES string of the molecule is CC#CN(C)NC(C)(C)C. The molecule has 0 aliphatic heterocycles. The molecular weight excluding hydrogens is 124 g/mol. The van der Waals surface area contributed by atoms with Crippen molar-refractivity contribution in [2.24, 2.45) is 0 Å². The second-order valence-electron chi connectivity index (χ2n) is 3.28. The van der Waals surface area contributed by atoms with Gasteiger partial charge in [-0.25, -0.2) is 5.43 Å². The Balaban J connectivity index is 3.76. The number of nitrogens with one attached hydrogen (secondary N) is 1. The van der Waals surface area contributed by atoms with Gasteiger partial charge in [0.25, 0.3) is 0 Å². The van der Waals surface area contributed by atoms with E-state index in [1.54, 1.807) is 5.01 Å². The minimum Gasteiger partial charge on any atom is -0.270 e. The fourth-order valence-electron chi connectivity index (χ4n) is 0.699. The predicted octanol–water partition coefficient (Wildman–Crippen LogP) is 1.20. The van der Waals surface area contributed by atoms with Gasteiger partial charge in [-0.15, -0.1) is 0 Å². The summed E-state index contributed by atoms with van der Waals surface area (Å²) in [5, 5.41) is 1.78. The lowest BCUT2D eigenvalue weighted by molar-refractivity contribution is 0.238. The van der Waals surface area contributed by atoms with E-state index < -0.39 is 0 Å². The van der Waals surface area contributed by atoms with E-state index in [-0.39, 0.29) is 5.54 Å². The van der Waals surface area contributed by atoms with Crippen LogP contribution < -0.4 is 5.43 Å². The van der Waals surface area contributed by atoms with E-state index in [2.05, 4.69) is 38.2 Å². The summed E-state index contributed by atoms with van der Waals surface area (Å²) in [6.45, 7) is 8.11. The molecule has 58 valence electrons. The molecule has 0 saturated carbocycles. The van der Waals surface area contributed by atoms with Crippen molar-refractivity contribution in [3.63, 3.8) is 0 Å². The Morgan fingerprint density at radius 2 is 1.80 bits per heavy atom. The fraction of sp³-hybridized carbons (Fsp3) is 0.750. The topological polar surface area (TPSA) is 15.3 Å². The molecule has 0 aromatic rings. The van der Waals surface area contributed by atoms with Crippen LogP contribution in [0.2, 0.25) is 0 Å². The Bertz CT molecular complexity index is 145. The quantitative estimate of drug-likeness (QED) is 0.334. The first kappa shape index (κ1) is 9.32. The first-order chi connectivity index (χ1) is 4.45. The van der Waals surface area contributed by atoms with Crippen LogP contribution >= 0.6 is 0 Å². The highest BCUT2D eigenvalue weighted by molar-refractivity contribution is 4.92. The maximum atomic E-state index is 3.18. The Morgan fingerprint density at radius 3 is 2.10 bits per heavy atom.